The summed E-state index contributed by atoms with van der Waals surface area (Å²) >= 11 is 1.67. The van der Waals surface area contributed by atoms with Gasteiger partial charge in [-0.25, -0.2) is 0 Å². The molecule has 5 nitrogen and oxygen atoms in total. The van der Waals surface area contributed by atoms with Crippen LogP contribution in [0.2, 0.25) is 0 Å². The molecule has 0 saturated carbocycles. The fourth-order valence-corrected chi connectivity index (χ4v) is 3.97. The molecule has 1 aliphatic rings. The van der Waals surface area contributed by atoms with Crippen molar-refractivity contribution in [1.29, 1.82) is 0 Å². The van der Waals surface area contributed by atoms with Crippen LogP contribution >= 0.6 is 11.8 Å². The number of fused-ring (bicyclic) bond motifs is 1. The Morgan fingerprint density at radius 3 is 2.54 bits per heavy atom. The van der Waals surface area contributed by atoms with E-state index < -0.39 is 0 Å². The second-order valence-corrected chi connectivity index (χ2v) is 7.42. The van der Waals surface area contributed by atoms with E-state index in [1.807, 2.05) is 41.9 Å². The van der Waals surface area contributed by atoms with E-state index in [4.69, 9.17) is 9.84 Å². The zero-order valence-corrected chi connectivity index (χ0v) is 15.8. The lowest BCUT2D eigenvalue weighted by molar-refractivity contribution is 0.339. The maximum absolute atomic E-state index is 5.81. The van der Waals surface area contributed by atoms with Crippen molar-refractivity contribution in [3.63, 3.8) is 0 Å². The summed E-state index contributed by atoms with van der Waals surface area (Å²) in [4.78, 5) is 0. The molecule has 1 aromatic heterocycles. The summed E-state index contributed by atoms with van der Waals surface area (Å²) in [5.74, 6) is 1.62. The number of rotatable bonds is 4. The average molecular weight is 364 g/mol. The monoisotopic (exact) mass is 364 g/mol. The first-order chi connectivity index (χ1) is 12.7. The lowest BCUT2D eigenvalue weighted by Gasteiger charge is -2.21. The minimum atomic E-state index is 0.165. The number of ether oxygens (including phenoxy) is 1. The van der Waals surface area contributed by atoms with Crippen molar-refractivity contribution < 1.29 is 4.74 Å². The molecule has 0 N–H and O–H groups in total. The van der Waals surface area contributed by atoms with Gasteiger partial charge in [-0.3, -0.25) is 0 Å². The molecule has 4 rings (SSSR count). The number of thioether (sulfide) groups is 1. The Labute approximate surface area is 157 Å². The highest BCUT2D eigenvalue weighted by molar-refractivity contribution is 8.00. The molecule has 0 radical (unpaired) electrons. The fourth-order valence-electron chi connectivity index (χ4n) is 3.06. The van der Waals surface area contributed by atoms with Crippen LogP contribution in [0.1, 0.15) is 25.0 Å². The topological polar surface area (TPSA) is 52.3 Å². The fraction of sp³-hybridized carbons (Fsp3) is 0.250. The lowest BCUT2D eigenvalue weighted by atomic mass is 10.1. The Morgan fingerprint density at radius 1 is 1.04 bits per heavy atom. The van der Waals surface area contributed by atoms with Crippen LogP contribution in [0.4, 0.5) is 0 Å². The van der Waals surface area contributed by atoms with Crippen LogP contribution in [0.5, 0.6) is 5.75 Å². The molecule has 6 heteroatoms. The van der Waals surface area contributed by atoms with Crippen LogP contribution in [0.15, 0.2) is 58.8 Å². The van der Waals surface area contributed by atoms with Gasteiger partial charge in [0.15, 0.2) is 5.82 Å². The van der Waals surface area contributed by atoms with E-state index in [-0.39, 0.29) is 5.25 Å². The normalized spacial score (nSPS) is 16.1. The summed E-state index contributed by atoms with van der Waals surface area (Å²) in [6, 6.07) is 16.2. The number of para-hydroxylation sites is 1. The predicted octanol–water partition coefficient (Wildman–Crippen LogP) is 4.40. The summed E-state index contributed by atoms with van der Waals surface area (Å²) < 4.78 is 7.66. The molecule has 0 unspecified atom stereocenters. The minimum Gasteiger partial charge on any atom is -0.493 e. The zero-order valence-electron chi connectivity index (χ0n) is 15.0. The molecule has 3 aromatic rings. The first kappa shape index (κ1) is 16.8. The Morgan fingerprint density at radius 2 is 1.77 bits per heavy atom. The van der Waals surface area contributed by atoms with Crippen LogP contribution in [0.25, 0.3) is 11.4 Å². The van der Waals surface area contributed by atoms with Crippen molar-refractivity contribution in [3.05, 3.63) is 59.7 Å². The van der Waals surface area contributed by atoms with Gasteiger partial charge in [0, 0.05) is 11.1 Å². The van der Waals surface area contributed by atoms with Crippen molar-refractivity contribution in [2.45, 2.75) is 31.2 Å². The molecule has 0 fully saturated rings. The Bertz CT molecular complexity index is 979. The summed E-state index contributed by atoms with van der Waals surface area (Å²) in [5, 5.41) is 14.7. The largest absolute Gasteiger partial charge is 0.493 e. The smallest absolute Gasteiger partial charge is 0.213 e. The molecule has 2 aromatic carbocycles. The molecule has 132 valence electrons. The number of hydrogen-bond acceptors (Lipinski definition) is 5. The van der Waals surface area contributed by atoms with Gasteiger partial charge < -0.3 is 4.74 Å². The molecular weight excluding hydrogens is 344 g/mol. The predicted molar refractivity (Wildman–Crippen MR) is 105 cm³/mol. The third kappa shape index (κ3) is 2.90. The van der Waals surface area contributed by atoms with E-state index >= 15 is 0 Å². The Balaban J connectivity index is 1.85. The lowest BCUT2D eigenvalue weighted by Crippen LogP contribution is -2.22. The average Bonchev–Trinajstić information content (AvgIpc) is 3.05. The van der Waals surface area contributed by atoms with Crippen molar-refractivity contribution in [2.24, 2.45) is 5.10 Å². The van der Waals surface area contributed by atoms with Crippen LogP contribution in [0.3, 0.4) is 0 Å². The van der Waals surface area contributed by atoms with Gasteiger partial charge in [0.2, 0.25) is 5.16 Å². The number of aryl methyl sites for hydroxylation is 1. The van der Waals surface area contributed by atoms with Gasteiger partial charge in [0.05, 0.1) is 17.6 Å². The summed E-state index contributed by atoms with van der Waals surface area (Å²) in [7, 11) is 0. The molecule has 26 heavy (non-hydrogen) atoms. The van der Waals surface area contributed by atoms with E-state index in [2.05, 4.69) is 42.2 Å². The van der Waals surface area contributed by atoms with Crippen molar-refractivity contribution in [2.75, 3.05) is 6.61 Å². The highest BCUT2D eigenvalue weighted by Crippen LogP contribution is 2.35. The van der Waals surface area contributed by atoms with Gasteiger partial charge in [-0.05, 0) is 38.5 Å². The summed E-state index contributed by atoms with van der Waals surface area (Å²) in [5.41, 5.74) is 4.19. The van der Waals surface area contributed by atoms with Crippen molar-refractivity contribution >= 4 is 17.5 Å². The van der Waals surface area contributed by atoms with Gasteiger partial charge in [0.25, 0.3) is 0 Å². The van der Waals surface area contributed by atoms with Crippen molar-refractivity contribution in [1.82, 2.24) is 14.9 Å². The van der Waals surface area contributed by atoms with Gasteiger partial charge in [0.1, 0.15) is 5.75 Å². The highest BCUT2D eigenvalue weighted by Gasteiger charge is 2.28. The first-order valence-electron chi connectivity index (χ1n) is 8.68. The Hall–Kier alpha value is -2.60. The second kappa shape index (κ2) is 6.96. The van der Waals surface area contributed by atoms with Crippen LogP contribution in [0, 0.1) is 6.92 Å². The molecule has 1 aliphatic heterocycles. The second-order valence-electron chi connectivity index (χ2n) is 6.11. The molecule has 0 bridgehead atoms. The van der Waals surface area contributed by atoms with E-state index in [1.165, 1.54) is 0 Å². The van der Waals surface area contributed by atoms with Gasteiger partial charge in [-0.15, -0.1) is 10.2 Å². The Kier molecular flexibility index (Phi) is 4.51. The SMILES string of the molecule is CCOc1ccccc1C1=Nn2c(nnc2-c2ccccc2C)S[C@H]1C. The van der Waals surface area contributed by atoms with Gasteiger partial charge in [-0.2, -0.15) is 9.78 Å². The molecule has 0 saturated heterocycles. The van der Waals surface area contributed by atoms with Gasteiger partial charge in [-0.1, -0.05) is 48.2 Å². The highest BCUT2D eigenvalue weighted by atomic mass is 32.2. The molecule has 0 amide bonds. The van der Waals surface area contributed by atoms with E-state index in [9.17, 15) is 0 Å². The standard InChI is InChI=1S/C20H20N4OS/c1-4-25-17-12-8-7-11-16(17)18-14(3)26-20-22-21-19(24(20)23-18)15-10-6-5-9-13(15)2/h5-12,14H,4H2,1-3H3/t14-/m0/s1. The quantitative estimate of drug-likeness (QED) is 0.688. The van der Waals surface area contributed by atoms with Crippen LogP contribution in [-0.2, 0) is 0 Å². The molecule has 0 aliphatic carbocycles. The van der Waals surface area contributed by atoms with Gasteiger partial charge >= 0.3 is 0 Å². The number of aromatic nitrogens is 3. The third-order valence-corrected chi connectivity index (χ3v) is 5.38. The third-order valence-electron chi connectivity index (χ3n) is 4.34. The molecule has 0 spiro atoms. The maximum Gasteiger partial charge on any atom is 0.213 e. The number of hydrogen-bond donors (Lipinski definition) is 0. The zero-order chi connectivity index (χ0) is 18.1. The maximum atomic E-state index is 5.81. The molecular formula is C20H20N4OS. The molecule has 2 heterocycles. The van der Waals surface area contributed by atoms with E-state index in [0.29, 0.717) is 6.61 Å². The van der Waals surface area contributed by atoms with Crippen LogP contribution < -0.4 is 4.74 Å². The van der Waals surface area contributed by atoms with E-state index in [1.54, 1.807) is 11.8 Å². The van der Waals surface area contributed by atoms with Crippen molar-refractivity contribution in [3.8, 4) is 17.1 Å². The summed E-state index contributed by atoms with van der Waals surface area (Å²) in [6.45, 7) is 6.83. The number of nitrogens with zero attached hydrogens (tertiary/aromatic N) is 4. The molecule has 1 atom stereocenters. The minimum absolute atomic E-state index is 0.165. The number of benzene rings is 2. The van der Waals surface area contributed by atoms with E-state index in [0.717, 1.165) is 39.1 Å². The first-order valence-corrected chi connectivity index (χ1v) is 9.56. The van der Waals surface area contributed by atoms with Crippen LogP contribution in [-0.4, -0.2) is 32.4 Å². The summed E-state index contributed by atoms with van der Waals surface area (Å²) in [6.07, 6.45) is 0.